The molecule has 26 heavy (non-hydrogen) atoms. The molecule has 3 aromatic rings. The molecule has 0 saturated carbocycles. The van der Waals surface area contributed by atoms with Gasteiger partial charge >= 0.3 is 0 Å². The van der Waals surface area contributed by atoms with Gasteiger partial charge in [0.1, 0.15) is 5.82 Å². The van der Waals surface area contributed by atoms with E-state index in [2.05, 4.69) is 10.3 Å². The SMILES string of the molecule is CCn1cc(C(=O)Nc2ccc(Cc3cccc(Cl)c3)cn2)ccc1=O. The zero-order chi connectivity index (χ0) is 18.5. The van der Waals surface area contributed by atoms with Crippen LogP contribution in [0.4, 0.5) is 5.82 Å². The summed E-state index contributed by atoms with van der Waals surface area (Å²) in [7, 11) is 0. The molecule has 3 rings (SSSR count). The number of carbonyl (C=O) groups is 1. The number of hydrogen-bond acceptors (Lipinski definition) is 3. The van der Waals surface area contributed by atoms with Crippen LogP contribution in [0.1, 0.15) is 28.4 Å². The van der Waals surface area contributed by atoms with Gasteiger partial charge in [0.25, 0.3) is 11.5 Å². The van der Waals surface area contributed by atoms with Gasteiger partial charge in [-0.25, -0.2) is 4.98 Å². The van der Waals surface area contributed by atoms with E-state index < -0.39 is 0 Å². The monoisotopic (exact) mass is 367 g/mol. The van der Waals surface area contributed by atoms with Crippen LogP contribution in [0.25, 0.3) is 0 Å². The quantitative estimate of drug-likeness (QED) is 0.746. The first-order chi connectivity index (χ1) is 12.5. The van der Waals surface area contributed by atoms with Crippen molar-refractivity contribution < 1.29 is 4.79 Å². The fourth-order valence-corrected chi connectivity index (χ4v) is 2.80. The van der Waals surface area contributed by atoms with Crippen molar-refractivity contribution in [3.05, 3.63) is 93.0 Å². The van der Waals surface area contributed by atoms with Gasteiger partial charge in [-0.1, -0.05) is 29.8 Å². The Hall–Kier alpha value is -2.92. The molecule has 5 nitrogen and oxygen atoms in total. The lowest BCUT2D eigenvalue weighted by Gasteiger charge is -2.08. The summed E-state index contributed by atoms with van der Waals surface area (Å²) in [6.07, 6.45) is 3.98. The van der Waals surface area contributed by atoms with Gasteiger partial charge in [-0.05, 0) is 48.7 Å². The molecule has 1 N–H and O–H groups in total. The van der Waals surface area contributed by atoms with Gasteiger partial charge in [-0.15, -0.1) is 0 Å². The highest BCUT2D eigenvalue weighted by atomic mass is 35.5. The standard InChI is InChI=1S/C20H18ClN3O2/c1-2-24-13-16(7-9-19(24)25)20(26)23-18-8-6-15(12-22-18)10-14-4-3-5-17(21)11-14/h3-9,11-13H,2,10H2,1H3,(H,22,23,26). The van der Waals surface area contributed by atoms with Crippen LogP contribution in [-0.2, 0) is 13.0 Å². The van der Waals surface area contributed by atoms with E-state index in [0.717, 1.165) is 11.1 Å². The second-order valence-electron chi connectivity index (χ2n) is 5.85. The summed E-state index contributed by atoms with van der Waals surface area (Å²) in [6.45, 7) is 2.36. The average Bonchev–Trinajstić information content (AvgIpc) is 2.64. The number of aromatic nitrogens is 2. The van der Waals surface area contributed by atoms with Crippen molar-refractivity contribution in [3.63, 3.8) is 0 Å². The predicted molar refractivity (Wildman–Crippen MR) is 103 cm³/mol. The Labute approximate surface area is 156 Å². The van der Waals surface area contributed by atoms with Crippen LogP contribution in [0.5, 0.6) is 0 Å². The molecule has 1 aromatic carbocycles. The van der Waals surface area contributed by atoms with Crippen LogP contribution >= 0.6 is 11.6 Å². The molecule has 0 saturated heterocycles. The summed E-state index contributed by atoms with van der Waals surface area (Å²) in [5.74, 6) is 0.154. The third-order valence-electron chi connectivity index (χ3n) is 3.95. The molecule has 6 heteroatoms. The lowest BCUT2D eigenvalue weighted by molar-refractivity contribution is 0.102. The predicted octanol–water partition coefficient (Wildman–Crippen LogP) is 3.76. The van der Waals surface area contributed by atoms with Crippen LogP contribution in [0, 0.1) is 0 Å². The number of amides is 1. The number of anilines is 1. The van der Waals surface area contributed by atoms with Gasteiger partial charge in [-0.3, -0.25) is 9.59 Å². The minimum Gasteiger partial charge on any atom is -0.315 e. The lowest BCUT2D eigenvalue weighted by Crippen LogP contribution is -2.21. The van der Waals surface area contributed by atoms with Crippen molar-refractivity contribution in [1.82, 2.24) is 9.55 Å². The second kappa shape index (κ2) is 7.97. The van der Waals surface area contributed by atoms with Gasteiger partial charge in [-0.2, -0.15) is 0 Å². The van der Waals surface area contributed by atoms with Crippen LogP contribution in [0.15, 0.2) is 65.7 Å². The summed E-state index contributed by atoms with van der Waals surface area (Å²) in [5.41, 5.74) is 2.39. The highest BCUT2D eigenvalue weighted by molar-refractivity contribution is 6.30. The molecule has 2 aromatic heterocycles. The maximum absolute atomic E-state index is 12.3. The van der Waals surface area contributed by atoms with Gasteiger partial charge in [0.05, 0.1) is 5.56 Å². The Morgan fingerprint density at radius 1 is 1.15 bits per heavy atom. The number of aryl methyl sites for hydroxylation is 1. The summed E-state index contributed by atoms with van der Waals surface area (Å²) < 4.78 is 1.48. The smallest absolute Gasteiger partial charge is 0.258 e. The Kier molecular flexibility index (Phi) is 5.49. The van der Waals surface area contributed by atoms with Crippen LogP contribution < -0.4 is 10.9 Å². The molecule has 0 aliphatic carbocycles. The van der Waals surface area contributed by atoms with Gasteiger partial charge in [0, 0.05) is 30.0 Å². The fourth-order valence-electron chi connectivity index (χ4n) is 2.59. The third kappa shape index (κ3) is 4.37. The molecular formula is C20H18ClN3O2. The first-order valence-electron chi connectivity index (χ1n) is 8.26. The third-order valence-corrected chi connectivity index (χ3v) is 4.19. The second-order valence-corrected chi connectivity index (χ2v) is 6.29. The van der Waals surface area contributed by atoms with Gasteiger partial charge in [0.2, 0.25) is 0 Å². The van der Waals surface area contributed by atoms with E-state index in [4.69, 9.17) is 11.6 Å². The Balaban J connectivity index is 1.69. The molecule has 0 unspecified atom stereocenters. The lowest BCUT2D eigenvalue weighted by atomic mass is 10.1. The molecule has 1 amide bonds. The summed E-state index contributed by atoms with van der Waals surface area (Å²) in [6, 6.07) is 14.2. The highest BCUT2D eigenvalue weighted by Gasteiger charge is 2.08. The van der Waals surface area contributed by atoms with Crippen molar-refractivity contribution >= 4 is 23.3 Å². The Morgan fingerprint density at radius 2 is 2.00 bits per heavy atom. The first kappa shape index (κ1) is 17.9. The largest absolute Gasteiger partial charge is 0.315 e. The van der Waals surface area contributed by atoms with Crippen LogP contribution in [-0.4, -0.2) is 15.5 Å². The Bertz CT molecular complexity index is 981. The molecular weight excluding hydrogens is 350 g/mol. The van der Waals surface area contributed by atoms with Gasteiger partial charge in [0.15, 0.2) is 0 Å². The maximum atomic E-state index is 12.3. The van der Waals surface area contributed by atoms with Crippen LogP contribution in [0.2, 0.25) is 5.02 Å². The number of hydrogen-bond donors (Lipinski definition) is 1. The molecule has 0 aliphatic rings. The zero-order valence-corrected chi connectivity index (χ0v) is 15.0. The summed E-state index contributed by atoms with van der Waals surface area (Å²) in [4.78, 5) is 28.2. The highest BCUT2D eigenvalue weighted by Crippen LogP contribution is 2.15. The molecule has 132 valence electrons. The Morgan fingerprint density at radius 3 is 2.69 bits per heavy atom. The number of halogens is 1. The normalized spacial score (nSPS) is 10.5. The van der Waals surface area contributed by atoms with Crippen molar-refractivity contribution in [2.45, 2.75) is 19.9 Å². The number of nitrogens with one attached hydrogen (secondary N) is 1. The molecule has 0 spiro atoms. The topological polar surface area (TPSA) is 64.0 Å². The van der Waals surface area contributed by atoms with E-state index in [0.29, 0.717) is 29.4 Å². The summed E-state index contributed by atoms with van der Waals surface area (Å²) >= 11 is 6.00. The van der Waals surface area contributed by atoms with Crippen molar-refractivity contribution in [1.29, 1.82) is 0 Å². The molecule has 0 fully saturated rings. The van der Waals surface area contributed by atoms with E-state index in [1.807, 2.05) is 37.3 Å². The van der Waals surface area contributed by atoms with E-state index in [1.165, 1.54) is 16.7 Å². The van der Waals surface area contributed by atoms with Crippen molar-refractivity contribution in [3.8, 4) is 0 Å². The van der Waals surface area contributed by atoms with E-state index in [9.17, 15) is 9.59 Å². The van der Waals surface area contributed by atoms with Gasteiger partial charge < -0.3 is 9.88 Å². The summed E-state index contributed by atoms with van der Waals surface area (Å²) in [5, 5.41) is 3.44. The first-order valence-corrected chi connectivity index (χ1v) is 8.64. The fraction of sp³-hybridized carbons (Fsp3) is 0.150. The number of pyridine rings is 2. The molecule has 0 radical (unpaired) electrons. The molecule has 0 atom stereocenters. The van der Waals surface area contributed by atoms with Crippen LogP contribution in [0.3, 0.4) is 0 Å². The molecule has 0 bridgehead atoms. The number of nitrogens with zero attached hydrogens (tertiary/aromatic N) is 2. The number of rotatable bonds is 5. The van der Waals surface area contributed by atoms with Crippen molar-refractivity contribution in [2.75, 3.05) is 5.32 Å². The molecule has 2 heterocycles. The van der Waals surface area contributed by atoms with E-state index >= 15 is 0 Å². The van der Waals surface area contributed by atoms with Crippen molar-refractivity contribution in [2.24, 2.45) is 0 Å². The van der Waals surface area contributed by atoms with E-state index in [1.54, 1.807) is 18.5 Å². The maximum Gasteiger partial charge on any atom is 0.258 e. The zero-order valence-electron chi connectivity index (χ0n) is 14.3. The minimum absolute atomic E-state index is 0.132. The molecule has 0 aliphatic heterocycles. The van der Waals surface area contributed by atoms with E-state index in [-0.39, 0.29) is 11.5 Å². The minimum atomic E-state index is -0.303. The number of benzene rings is 1. The average molecular weight is 368 g/mol. The number of carbonyl (C=O) groups excluding carboxylic acids is 1.